The zero-order valence-electron chi connectivity index (χ0n) is 13.1. The molecule has 0 aliphatic heterocycles. The van der Waals surface area contributed by atoms with Crippen molar-refractivity contribution in [3.05, 3.63) is 53.1 Å². The predicted molar refractivity (Wildman–Crippen MR) is 87.1 cm³/mol. The highest BCUT2D eigenvalue weighted by atomic mass is 16.5. The average Bonchev–Trinajstić information content (AvgIpc) is 2.46. The van der Waals surface area contributed by atoms with Gasteiger partial charge in [0.05, 0.1) is 13.5 Å². The van der Waals surface area contributed by atoms with Gasteiger partial charge < -0.3 is 15.6 Å². The monoisotopic (exact) mass is 299 g/mol. The van der Waals surface area contributed by atoms with Gasteiger partial charge in [0, 0.05) is 11.6 Å². The van der Waals surface area contributed by atoms with E-state index < -0.39 is 12.0 Å². The Morgan fingerprint density at radius 3 is 2.41 bits per heavy atom. The van der Waals surface area contributed by atoms with Crippen LogP contribution in [0.3, 0.4) is 0 Å². The molecule has 4 heteroatoms. The molecule has 0 heterocycles. The Labute approximate surface area is 130 Å². The van der Waals surface area contributed by atoms with Gasteiger partial charge in [-0.3, -0.25) is 4.79 Å². The summed E-state index contributed by atoms with van der Waals surface area (Å²) in [6.07, 6.45) is -0.132. The number of benzene rings is 2. The third-order valence-corrected chi connectivity index (χ3v) is 3.79. The fraction of sp³-hybridized carbons (Fsp3) is 0.278. The van der Waals surface area contributed by atoms with Crippen molar-refractivity contribution in [1.29, 1.82) is 0 Å². The van der Waals surface area contributed by atoms with E-state index in [4.69, 9.17) is 15.6 Å². The molecule has 0 fully saturated rings. The third-order valence-electron chi connectivity index (χ3n) is 3.79. The summed E-state index contributed by atoms with van der Waals surface area (Å²) in [5.74, 6) is -0.309. The van der Waals surface area contributed by atoms with Crippen LogP contribution < -0.4 is 10.5 Å². The van der Waals surface area contributed by atoms with Gasteiger partial charge in [-0.1, -0.05) is 24.3 Å². The molecule has 22 heavy (non-hydrogen) atoms. The summed E-state index contributed by atoms with van der Waals surface area (Å²) in [5.41, 5.74) is 11.3. The first-order chi connectivity index (χ1) is 10.4. The Bertz CT molecular complexity index is 674. The van der Waals surface area contributed by atoms with Gasteiger partial charge in [0.25, 0.3) is 0 Å². The fourth-order valence-electron chi connectivity index (χ4n) is 2.75. The lowest BCUT2D eigenvalue weighted by Gasteiger charge is -2.17. The molecular weight excluding hydrogens is 278 g/mol. The summed E-state index contributed by atoms with van der Waals surface area (Å²) in [4.78, 5) is 10.9. The molecule has 0 bridgehead atoms. The van der Waals surface area contributed by atoms with Gasteiger partial charge in [0.15, 0.2) is 0 Å². The molecule has 4 nitrogen and oxygen atoms in total. The van der Waals surface area contributed by atoms with Crippen LogP contribution in [0.25, 0.3) is 11.1 Å². The maximum Gasteiger partial charge on any atom is 0.305 e. The molecule has 0 amide bonds. The van der Waals surface area contributed by atoms with E-state index >= 15 is 0 Å². The third kappa shape index (κ3) is 3.28. The van der Waals surface area contributed by atoms with E-state index in [0.29, 0.717) is 11.3 Å². The summed E-state index contributed by atoms with van der Waals surface area (Å²) in [7, 11) is 1.56. The number of ether oxygens (including phenoxy) is 1. The normalized spacial score (nSPS) is 12.0. The first kappa shape index (κ1) is 16.0. The lowest BCUT2D eigenvalue weighted by atomic mass is 9.92. The van der Waals surface area contributed by atoms with E-state index in [-0.39, 0.29) is 6.42 Å². The van der Waals surface area contributed by atoms with E-state index in [1.54, 1.807) is 7.11 Å². The summed E-state index contributed by atoms with van der Waals surface area (Å²) in [6.45, 7) is 4.12. The van der Waals surface area contributed by atoms with Crippen LogP contribution in [0, 0.1) is 13.8 Å². The van der Waals surface area contributed by atoms with Crippen LogP contribution in [0.15, 0.2) is 36.4 Å². The number of methoxy groups -OCH3 is 1. The molecule has 0 radical (unpaired) electrons. The van der Waals surface area contributed by atoms with Gasteiger partial charge in [-0.05, 0) is 48.2 Å². The molecule has 0 saturated carbocycles. The number of aryl methyl sites for hydroxylation is 2. The second-order valence-corrected chi connectivity index (χ2v) is 5.43. The maximum atomic E-state index is 10.9. The molecule has 1 unspecified atom stereocenters. The van der Waals surface area contributed by atoms with Crippen LogP contribution in [-0.4, -0.2) is 18.2 Å². The molecule has 2 aromatic carbocycles. The van der Waals surface area contributed by atoms with Gasteiger partial charge in [0.1, 0.15) is 5.75 Å². The number of rotatable bonds is 5. The molecule has 116 valence electrons. The smallest absolute Gasteiger partial charge is 0.305 e. The van der Waals surface area contributed by atoms with Gasteiger partial charge in [-0.15, -0.1) is 0 Å². The van der Waals surface area contributed by atoms with Crippen molar-refractivity contribution in [2.45, 2.75) is 26.3 Å². The molecule has 1 atom stereocenters. The van der Waals surface area contributed by atoms with Gasteiger partial charge in [-0.25, -0.2) is 0 Å². The highest BCUT2D eigenvalue weighted by Crippen LogP contribution is 2.34. The first-order valence-corrected chi connectivity index (χ1v) is 7.16. The highest BCUT2D eigenvalue weighted by molar-refractivity contribution is 5.73. The number of carboxylic acid groups (broad SMARTS) is 1. The van der Waals surface area contributed by atoms with Crippen molar-refractivity contribution in [3.8, 4) is 16.9 Å². The lowest BCUT2D eigenvalue weighted by molar-refractivity contribution is -0.137. The molecule has 0 spiro atoms. The summed E-state index contributed by atoms with van der Waals surface area (Å²) < 4.78 is 5.33. The molecule has 0 aliphatic carbocycles. The van der Waals surface area contributed by atoms with Gasteiger partial charge in [0.2, 0.25) is 0 Å². The van der Waals surface area contributed by atoms with Gasteiger partial charge >= 0.3 is 5.97 Å². The Kier molecular flexibility index (Phi) is 4.83. The number of nitrogens with two attached hydrogens (primary N) is 1. The van der Waals surface area contributed by atoms with Crippen molar-refractivity contribution in [1.82, 2.24) is 0 Å². The Morgan fingerprint density at radius 2 is 1.86 bits per heavy atom. The Morgan fingerprint density at radius 1 is 1.23 bits per heavy atom. The second kappa shape index (κ2) is 6.62. The second-order valence-electron chi connectivity index (χ2n) is 5.43. The lowest BCUT2D eigenvalue weighted by Crippen LogP contribution is -2.16. The fourth-order valence-corrected chi connectivity index (χ4v) is 2.75. The van der Waals surface area contributed by atoms with Crippen molar-refractivity contribution in [2.24, 2.45) is 5.73 Å². The van der Waals surface area contributed by atoms with E-state index in [1.165, 1.54) is 11.1 Å². The minimum absolute atomic E-state index is 0.132. The number of carboxylic acids is 1. The van der Waals surface area contributed by atoms with Gasteiger partial charge in [-0.2, -0.15) is 0 Å². The minimum atomic E-state index is -0.924. The van der Waals surface area contributed by atoms with E-state index in [0.717, 1.165) is 11.1 Å². The molecular formula is C18H21NO3. The standard InChI is InChI=1S/C18H21NO3/c1-11-5-4-6-12(2)18(11)13-7-8-16(22-3)14(9-13)15(19)10-17(20)21/h4-9,15H,10,19H2,1-3H3,(H,20,21). The largest absolute Gasteiger partial charge is 0.496 e. The van der Waals surface area contributed by atoms with Crippen LogP contribution in [0.2, 0.25) is 0 Å². The Hall–Kier alpha value is -2.33. The van der Waals surface area contributed by atoms with Crippen LogP contribution in [0.1, 0.15) is 29.2 Å². The molecule has 2 aromatic rings. The molecule has 2 rings (SSSR count). The number of hydrogen-bond donors (Lipinski definition) is 2. The zero-order valence-corrected chi connectivity index (χ0v) is 13.1. The first-order valence-electron chi connectivity index (χ1n) is 7.16. The minimum Gasteiger partial charge on any atom is -0.496 e. The van der Waals surface area contributed by atoms with Crippen molar-refractivity contribution in [3.63, 3.8) is 0 Å². The summed E-state index contributed by atoms with van der Waals surface area (Å²) in [6, 6.07) is 11.3. The van der Waals surface area contributed by atoms with Crippen LogP contribution in [0.4, 0.5) is 0 Å². The number of carbonyl (C=O) groups is 1. The zero-order chi connectivity index (χ0) is 16.3. The van der Waals surface area contributed by atoms with Crippen molar-refractivity contribution < 1.29 is 14.6 Å². The van der Waals surface area contributed by atoms with Crippen LogP contribution in [0.5, 0.6) is 5.75 Å². The van der Waals surface area contributed by atoms with Crippen molar-refractivity contribution >= 4 is 5.97 Å². The highest BCUT2D eigenvalue weighted by Gasteiger charge is 2.17. The quantitative estimate of drug-likeness (QED) is 0.887. The Balaban J connectivity index is 2.54. The van der Waals surface area contributed by atoms with Crippen molar-refractivity contribution in [2.75, 3.05) is 7.11 Å². The molecule has 0 aliphatic rings. The summed E-state index contributed by atoms with van der Waals surface area (Å²) in [5, 5.41) is 8.96. The number of hydrogen-bond acceptors (Lipinski definition) is 3. The average molecular weight is 299 g/mol. The summed E-state index contributed by atoms with van der Waals surface area (Å²) >= 11 is 0. The maximum absolute atomic E-state index is 10.9. The topological polar surface area (TPSA) is 72.5 Å². The molecule has 3 N–H and O–H groups in total. The van der Waals surface area contributed by atoms with E-state index in [9.17, 15) is 4.79 Å². The molecule has 0 saturated heterocycles. The number of aliphatic carboxylic acids is 1. The van der Waals surface area contributed by atoms with Crippen LogP contribution in [-0.2, 0) is 4.79 Å². The van der Waals surface area contributed by atoms with E-state index in [2.05, 4.69) is 26.0 Å². The predicted octanol–water partition coefficient (Wildman–Crippen LogP) is 3.45. The molecule has 0 aromatic heterocycles. The SMILES string of the molecule is COc1ccc(-c2c(C)cccc2C)cc1C(N)CC(=O)O. The van der Waals surface area contributed by atoms with Crippen LogP contribution >= 0.6 is 0 Å². The van der Waals surface area contributed by atoms with E-state index in [1.807, 2.05) is 24.3 Å².